The van der Waals surface area contributed by atoms with Crippen molar-refractivity contribution in [1.82, 2.24) is 4.98 Å². The molecule has 0 radical (unpaired) electrons. The van der Waals surface area contributed by atoms with Crippen LogP contribution < -0.4 is 0 Å². The Balaban J connectivity index is 2.86. The standard InChI is InChI=1S/C10H7Cl2N/c1-6-9-3-2-8(11)4-7(9)5-10(12)13-6/h2-5H,1H3. The molecule has 2 rings (SSSR count). The van der Waals surface area contributed by atoms with Crippen molar-refractivity contribution < 1.29 is 0 Å². The summed E-state index contributed by atoms with van der Waals surface area (Å²) in [6.07, 6.45) is 0. The van der Waals surface area contributed by atoms with Gasteiger partial charge < -0.3 is 0 Å². The van der Waals surface area contributed by atoms with Gasteiger partial charge in [0.05, 0.1) is 0 Å². The number of pyridine rings is 1. The first-order chi connectivity index (χ1) is 6.16. The van der Waals surface area contributed by atoms with Crippen molar-refractivity contribution in [3.05, 3.63) is 40.1 Å². The normalized spacial score (nSPS) is 10.7. The first-order valence-electron chi connectivity index (χ1n) is 3.89. The Morgan fingerprint density at radius 1 is 1.15 bits per heavy atom. The van der Waals surface area contributed by atoms with E-state index in [1.807, 2.05) is 31.2 Å². The molecule has 1 nitrogen and oxygen atoms in total. The zero-order valence-electron chi connectivity index (χ0n) is 7.01. The summed E-state index contributed by atoms with van der Waals surface area (Å²) in [7, 11) is 0. The lowest BCUT2D eigenvalue weighted by atomic mass is 10.1. The van der Waals surface area contributed by atoms with Gasteiger partial charge in [0.25, 0.3) is 0 Å². The molecule has 0 bridgehead atoms. The van der Waals surface area contributed by atoms with Gasteiger partial charge in [0.1, 0.15) is 5.15 Å². The SMILES string of the molecule is Cc1nc(Cl)cc2cc(Cl)ccc12. The Labute approximate surface area is 86.3 Å². The third kappa shape index (κ3) is 1.62. The molecule has 0 fully saturated rings. The molecule has 0 N–H and O–H groups in total. The summed E-state index contributed by atoms with van der Waals surface area (Å²) in [5.74, 6) is 0. The van der Waals surface area contributed by atoms with Crippen LogP contribution in [0.5, 0.6) is 0 Å². The summed E-state index contributed by atoms with van der Waals surface area (Å²) >= 11 is 11.7. The van der Waals surface area contributed by atoms with E-state index in [1.54, 1.807) is 0 Å². The van der Waals surface area contributed by atoms with Crippen LogP contribution in [0.25, 0.3) is 10.8 Å². The molecule has 1 aromatic carbocycles. The van der Waals surface area contributed by atoms with E-state index >= 15 is 0 Å². The third-order valence-electron chi connectivity index (χ3n) is 1.95. The maximum Gasteiger partial charge on any atom is 0.129 e. The molecule has 0 saturated carbocycles. The van der Waals surface area contributed by atoms with Gasteiger partial charge in [-0.1, -0.05) is 29.3 Å². The lowest BCUT2D eigenvalue weighted by Crippen LogP contribution is -1.84. The van der Waals surface area contributed by atoms with Crippen LogP contribution in [0.15, 0.2) is 24.3 Å². The molecule has 0 unspecified atom stereocenters. The average Bonchev–Trinajstić information content (AvgIpc) is 2.02. The highest BCUT2D eigenvalue weighted by atomic mass is 35.5. The number of aromatic nitrogens is 1. The van der Waals surface area contributed by atoms with Gasteiger partial charge in [-0.05, 0) is 30.5 Å². The Kier molecular flexibility index (Phi) is 2.14. The summed E-state index contributed by atoms with van der Waals surface area (Å²) in [4.78, 5) is 4.15. The Morgan fingerprint density at radius 2 is 1.92 bits per heavy atom. The van der Waals surface area contributed by atoms with Crippen LogP contribution in [0, 0.1) is 6.92 Å². The molecule has 0 saturated heterocycles. The van der Waals surface area contributed by atoms with Crippen LogP contribution in [0.2, 0.25) is 10.2 Å². The van der Waals surface area contributed by atoms with Crippen molar-refractivity contribution >= 4 is 34.0 Å². The Hall–Kier alpha value is -0.790. The first kappa shape index (κ1) is 8.79. The van der Waals surface area contributed by atoms with Crippen molar-refractivity contribution in [2.45, 2.75) is 6.92 Å². The Morgan fingerprint density at radius 3 is 2.69 bits per heavy atom. The van der Waals surface area contributed by atoms with Crippen molar-refractivity contribution in [3.63, 3.8) is 0 Å². The molecule has 3 heteroatoms. The molecule has 0 aliphatic heterocycles. The van der Waals surface area contributed by atoms with Gasteiger partial charge in [0.15, 0.2) is 0 Å². The van der Waals surface area contributed by atoms with Crippen LogP contribution in [0.3, 0.4) is 0 Å². The molecule has 0 atom stereocenters. The summed E-state index contributed by atoms with van der Waals surface area (Å²) in [6, 6.07) is 7.51. The second-order valence-corrected chi connectivity index (χ2v) is 3.72. The molecule has 0 aliphatic carbocycles. The zero-order chi connectivity index (χ0) is 9.42. The minimum atomic E-state index is 0.507. The van der Waals surface area contributed by atoms with Crippen LogP contribution in [0.4, 0.5) is 0 Å². The quantitative estimate of drug-likeness (QED) is 0.604. The maximum atomic E-state index is 5.86. The molecule has 2 aromatic rings. The summed E-state index contributed by atoms with van der Waals surface area (Å²) in [5, 5.41) is 3.35. The van der Waals surface area contributed by atoms with E-state index in [0.717, 1.165) is 16.5 Å². The molecule has 0 aliphatic rings. The maximum absolute atomic E-state index is 5.86. The van der Waals surface area contributed by atoms with E-state index in [-0.39, 0.29) is 0 Å². The minimum Gasteiger partial charge on any atom is -0.241 e. The lowest BCUT2D eigenvalue weighted by molar-refractivity contribution is 1.24. The number of hydrogen-bond donors (Lipinski definition) is 0. The third-order valence-corrected chi connectivity index (χ3v) is 2.38. The zero-order valence-corrected chi connectivity index (χ0v) is 8.52. The largest absolute Gasteiger partial charge is 0.241 e. The molecule has 0 amide bonds. The highest BCUT2D eigenvalue weighted by Crippen LogP contribution is 2.23. The van der Waals surface area contributed by atoms with Gasteiger partial charge in [-0.3, -0.25) is 0 Å². The fourth-order valence-corrected chi connectivity index (χ4v) is 1.79. The number of halogens is 2. The predicted molar refractivity (Wildman–Crippen MR) is 56.5 cm³/mol. The highest BCUT2D eigenvalue weighted by Gasteiger charge is 2.00. The van der Waals surface area contributed by atoms with Crippen molar-refractivity contribution in [1.29, 1.82) is 0 Å². The van der Waals surface area contributed by atoms with Gasteiger partial charge in [0, 0.05) is 16.1 Å². The number of nitrogens with zero attached hydrogens (tertiary/aromatic N) is 1. The van der Waals surface area contributed by atoms with E-state index in [9.17, 15) is 0 Å². The van der Waals surface area contributed by atoms with E-state index in [1.165, 1.54) is 0 Å². The summed E-state index contributed by atoms with van der Waals surface area (Å²) in [6.45, 7) is 1.93. The van der Waals surface area contributed by atoms with E-state index in [4.69, 9.17) is 23.2 Å². The minimum absolute atomic E-state index is 0.507. The lowest BCUT2D eigenvalue weighted by Gasteiger charge is -2.02. The topological polar surface area (TPSA) is 12.9 Å². The average molecular weight is 212 g/mol. The number of fused-ring (bicyclic) bond motifs is 1. The van der Waals surface area contributed by atoms with E-state index < -0.39 is 0 Å². The van der Waals surface area contributed by atoms with Gasteiger partial charge in [-0.15, -0.1) is 0 Å². The molecule has 13 heavy (non-hydrogen) atoms. The number of aryl methyl sites for hydroxylation is 1. The first-order valence-corrected chi connectivity index (χ1v) is 4.65. The second-order valence-electron chi connectivity index (χ2n) is 2.90. The summed E-state index contributed by atoms with van der Waals surface area (Å²) < 4.78 is 0. The van der Waals surface area contributed by atoms with E-state index in [0.29, 0.717) is 10.2 Å². The smallest absolute Gasteiger partial charge is 0.129 e. The van der Waals surface area contributed by atoms with Crippen LogP contribution >= 0.6 is 23.2 Å². The van der Waals surface area contributed by atoms with Gasteiger partial charge in [-0.25, -0.2) is 4.98 Å². The molecule has 1 heterocycles. The number of rotatable bonds is 0. The van der Waals surface area contributed by atoms with Crippen molar-refractivity contribution in [2.75, 3.05) is 0 Å². The molecular formula is C10H7Cl2N. The molecule has 0 spiro atoms. The monoisotopic (exact) mass is 211 g/mol. The predicted octanol–water partition coefficient (Wildman–Crippen LogP) is 3.85. The highest BCUT2D eigenvalue weighted by molar-refractivity contribution is 6.32. The molecular weight excluding hydrogens is 205 g/mol. The number of hydrogen-bond acceptors (Lipinski definition) is 1. The molecule has 1 aromatic heterocycles. The van der Waals surface area contributed by atoms with Gasteiger partial charge in [0.2, 0.25) is 0 Å². The van der Waals surface area contributed by atoms with E-state index in [2.05, 4.69) is 4.98 Å². The summed E-state index contributed by atoms with van der Waals surface area (Å²) in [5.41, 5.74) is 0.930. The Bertz CT molecular complexity index is 460. The molecule has 66 valence electrons. The number of benzene rings is 1. The van der Waals surface area contributed by atoms with Crippen LogP contribution in [0.1, 0.15) is 5.69 Å². The van der Waals surface area contributed by atoms with Crippen LogP contribution in [-0.2, 0) is 0 Å². The van der Waals surface area contributed by atoms with Crippen LogP contribution in [-0.4, -0.2) is 4.98 Å². The van der Waals surface area contributed by atoms with Crippen molar-refractivity contribution in [3.8, 4) is 0 Å². The van der Waals surface area contributed by atoms with Crippen molar-refractivity contribution in [2.24, 2.45) is 0 Å². The fourth-order valence-electron chi connectivity index (χ4n) is 1.36. The van der Waals surface area contributed by atoms with Gasteiger partial charge in [-0.2, -0.15) is 0 Å². The van der Waals surface area contributed by atoms with Gasteiger partial charge >= 0.3 is 0 Å². The second kappa shape index (κ2) is 3.17. The fraction of sp³-hybridized carbons (Fsp3) is 0.100.